The zero-order valence-electron chi connectivity index (χ0n) is 18.9. The van der Waals surface area contributed by atoms with Gasteiger partial charge in [-0.15, -0.1) is 0 Å². The van der Waals surface area contributed by atoms with E-state index in [4.69, 9.17) is 4.74 Å². The maximum absolute atomic E-state index is 13.3. The van der Waals surface area contributed by atoms with E-state index in [1.165, 1.54) is 29.2 Å². The van der Waals surface area contributed by atoms with Gasteiger partial charge in [-0.05, 0) is 43.7 Å². The smallest absolute Gasteiger partial charge is 0.278 e. The normalized spacial score (nSPS) is 16.8. The van der Waals surface area contributed by atoms with Crippen LogP contribution in [0.25, 0.3) is 5.57 Å². The van der Waals surface area contributed by atoms with E-state index in [1.807, 2.05) is 29.2 Å². The Kier molecular flexibility index (Phi) is 6.04. The van der Waals surface area contributed by atoms with Gasteiger partial charge < -0.3 is 14.5 Å². The topological polar surface area (TPSA) is 96.2 Å². The summed E-state index contributed by atoms with van der Waals surface area (Å²) in [5.41, 5.74) is 2.09. The zero-order chi connectivity index (χ0) is 23.7. The summed E-state index contributed by atoms with van der Waals surface area (Å²) in [5.74, 6) is 0.0925. The predicted molar refractivity (Wildman–Crippen MR) is 124 cm³/mol. The first-order chi connectivity index (χ1) is 15.8. The second-order valence-corrected chi connectivity index (χ2v) is 8.25. The summed E-state index contributed by atoms with van der Waals surface area (Å²) in [7, 11) is 1.64. The van der Waals surface area contributed by atoms with E-state index in [0.717, 1.165) is 11.4 Å². The van der Waals surface area contributed by atoms with E-state index in [9.17, 15) is 19.7 Å². The Bertz CT molecular complexity index is 1120. The third-order valence-corrected chi connectivity index (χ3v) is 6.00. The van der Waals surface area contributed by atoms with Gasteiger partial charge in [0.1, 0.15) is 11.4 Å². The van der Waals surface area contributed by atoms with Crippen molar-refractivity contribution >= 4 is 28.8 Å². The molecular weight excluding hydrogens is 424 g/mol. The zero-order valence-corrected chi connectivity index (χ0v) is 18.9. The summed E-state index contributed by atoms with van der Waals surface area (Å²) in [6, 6.07) is 13.3. The third-order valence-electron chi connectivity index (χ3n) is 6.00. The molecule has 0 atom stereocenters. The van der Waals surface area contributed by atoms with Crippen LogP contribution in [0.2, 0.25) is 0 Å². The summed E-state index contributed by atoms with van der Waals surface area (Å²) >= 11 is 0. The lowest BCUT2D eigenvalue weighted by molar-refractivity contribution is -0.384. The molecule has 0 aliphatic carbocycles. The van der Waals surface area contributed by atoms with Crippen LogP contribution in [0.1, 0.15) is 19.4 Å². The van der Waals surface area contributed by atoms with Crippen molar-refractivity contribution in [1.29, 1.82) is 0 Å². The van der Waals surface area contributed by atoms with Crippen LogP contribution >= 0.6 is 0 Å². The number of nitro benzene ring substituents is 1. The number of amides is 2. The average molecular weight is 450 g/mol. The number of nitro groups is 1. The summed E-state index contributed by atoms with van der Waals surface area (Å²) in [6.45, 7) is 6.00. The minimum atomic E-state index is -0.488. The molecule has 0 aromatic heterocycles. The van der Waals surface area contributed by atoms with Crippen LogP contribution in [-0.2, 0) is 9.59 Å². The summed E-state index contributed by atoms with van der Waals surface area (Å²) < 4.78 is 5.48. The van der Waals surface area contributed by atoms with Gasteiger partial charge in [0.2, 0.25) is 0 Å². The van der Waals surface area contributed by atoms with Crippen LogP contribution in [0.15, 0.2) is 54.2 Å². The molecular formula is C24H26N4O5. The first kappa shape index (κ1) is 22.3. The molecule has 0 radical (unpaired) electrons. The van der Waals surface area contributed by atoms with E-state index < -0.39 is 4.92 Å². The van der Waals surface area contributed by atoms with Crippen molar-refractivity contribution < 1.29 is 19.2 Å². The molecule has 9 nitrogen and oxygen atoms in total. The number of anilines is 1. The number of hydrogen-bond acceptors (Lipinski definition) is 7. The Morgan fingerprint density at radius 1 is 0.909 bits per heavy atom. The monoisotopic (exact) mass is 450 g/mol. The Morgan fingerprint density at radius 3 is 2.09 bits per heavy atom. The molecule has 0 N–H and O–H groups in total. The molecule has 0 saturated carbocycles. The number of ether oxygens (including phenoxy) is 1. The molecule has 1 saturated heterocycles. The second-order valence-electron chi connectivity index (χ2n) is 8.25. The highest BCUT2D eigenvalue weighted by atomic mass is 16.6. The minimum absolute atomic E-state index is 0.0659. The molecule has 1 fully saturated rings. The van der Waals surface area contributed by atoms with Crippen molar-refractivity contribution in [3.63, 3.8) is 0 Å². The van der Waals surface area contributed by atoms with Crippen LogP contribution in [-0.4, -0.2) is 65.9 Å². The fraction of sp³-hybridized carbons (Fsp3) is 0.333. The lowest BCUT2D eigenvalue weighted by Crippen LogP contribution is -2.48. The van der Waals surface area contributed by atoms with Crippen molar-refractivity contribution in [1.82, 2.24) is 9.80 Å². The fourth-order valence-corrected chi connectivity index (χ4v) is 4.37. The van der Waals surface area contributed by atoms with E-state index in [2.05, 4.69) is 4.90 Å². The van der Waals surface area contributed by atoms with Crippen molar-refractivity contribution in [2.24, 2.45) is 0 Å². The average Bonchev–Trinajstić information content (AvgIpc) is 3.09. The van der Waals surface area contributed by atoms with Gasteiger partial charge in [0, 0.05) is 44.4 Å². The highest BCUT2D eigenvalue weighted by Gasteiger charge is 2.43. The highest BCUT2D eigenvalue weighted by molar-refractivity contribution is 6.35. The molecule has 172 valence electrons. The number of methoxy groups -OCH3 is 1. The van der Waals surface area contributed by atoms with Gasteiger partial charge in [0.05, 0.1) is 23.3 Å². The number of benzene rings is 2. The number of carbonyl (C=O) groups is 2. The quantitative estimate of drug-likeness (QED) is 0.379. The number of carbonyl (C=O) groups excluding carboxylic acids is 2. The maximum atomic E-state index is 13.3. The first-order valence-corrected chi connectivity index (χ1v) is 10.8. The molecule has 2 aromatic carbocycles. The molecule has 2 heterocycles. The van der Waals surface area contributed by atoms with Gasteiger partial charge in [-0.1, -0.05) is 12.1 Å². The minimum Gasteiger partial charge on any atom is -0.495 e. The summed E-state index contributed by atoms with van der Waals surface area (Å²) in [4.78, 5) is 42.6. The molecule has 2 aliphatic rings. The Morgan fingerprint density at radius 2 is 1.52 bits per heavy atom. The van der Waals surface area contributed by atoms with Gasteiger partial charge in [0.25, 0.3) is 17.5 Å². The van der Waals surface area contributed by atoms with Gasteiger partial charge in [0.15, 0.2) is 0 Å². The van der Waals surface area contributed by atoms with Crippen LogP contribution in [0, 0.1) is 10.1 Å². The van der Waals surface area contributed by atoms with E-state index >= 15 is 0 Å². The number of piperazine rings is 1. The number of rotatable bonds is 6. The molecule has 33 heavy (non-hydrogen) atoms. The molecule has 4 rings (SSSR count). The van der Waals surface area contributed by atoms with Gasteiger partial charge in [-0.25, -0.2) is 0 Å². The van der Waals surface area contributed by atoms with Crippen LogP contribution in [0.5, 0.6) is 5.75 Å². The molecule has 9 heteroatoms. The van der Waals surface area contributed by atoms with Crippen molar-refractivity contribution in [3.05, 3.63) is 69.9 Å². The number of hydrogen-bond donors (Lipinski definition) is 0. The molecule has 2 aromatic rings. The number of para-hydroxylation sites is 2. The second kappa shape index (κ2) is 8.93. The summed E-state index contributed by atoms with van der Waals surface area (Å²) in [6.07, 6.45) is 0. The lowest BCUT2D eigenvalue weighted by atomic mass is 10.0. The first-order valence-electron chi connectivity index (χ1n) is 10.8. The van der Waals surface area contributed by atoms with Crippen molar-refractivity contribution in [2.75, 3.05) is 38.2 Å². The maximum Gasteiger partial charge on any atom is 0.278 e. The largest absolute Gasteiger partial charge is 0.495 e. The molecule has 0 unspecified atom stereocenters. The van der Waals surface area contributed by atoms with E-state index in [0.29, 0.717) is 43.0 Å². The summed E-state index contributed by atoms with van der Waals surface area (Å²) in [5, 5.41) is 11.0. The molecule has 0 bridgehead atoms. The Balaban J connectivity index is 1.66. The Hall–Kier alpha value is -3.88. The predicted octanol–water partition coefficient (Wildman–Crippen LogP) is 2.91. The number of nitrogens with zero attached hydrogens (tertiary/aromatic N) is 4. The van der Waals surface area contributed by atoms with Gasteiger partial charge in [-0.2, -0.15) is 0 Å². The molecule has 2 aliphatic heterocycles. The van der Waals surface area contributed by atoms with Crippen LogP contribution in [0.4, 0.5) is 11.4 Å². The Labute approximate surface area is 192 Å². The van der Waals surface area contributed by atoms with Gasteiger partial charge in [-0.3, -0.25) is 24.6 Å². The van der Waals surface area contributed by atoms with Crippen molar-refractivity contribution in [3.8, 4) is 5.75 Å². The van der Waals surface area contributed by atoms with E-state index in [-0.39, 0.29) is 23.5 Å². The van der Waals surface area contributed by atoms with Crippen LogP contribution < -0.4 is 9.64 Å². The van der Waals surface area contributed by atoms with E-state index in [1.54, 1.807) is 21.0 Å². The standard InChI is InChI=1S/C24H26N4O5/c1-16(2)27-23(29)21(17-8-10-18(11-9-17)28(31)32)22(24(27)30)26-14-12-25(13-15-26)19-6-4-5-7-20(19)33-3/h4-11,16H,12-15H2,1-3H3. The third kappa shape index (κ3) is 4.02. The SMILES string of the molecule is COc1ccccc1N1CCN(C2=C(c3ccc([N+](=O)[O-])cc3)C(=O)N(C(C)C)C2=O)CC1. The van der Waals surface area contributed by atoms with Gasteiger partial charge >= 0.3 is 0 Å². The van der Waals surface area contributed by atoms with Crippen molar-refractivity contribution in [2.45, 2.75) is 19.9 Å². The fourth-order valence-electron chi connectivity index (χ4n) is 4.37. The molecule has 2 amide bonds. The number of non-ortho nitro benzene ring substituents is 1. The highest BCUT2D eigenvalue weighted by Crippen LogP contribution is 2.35. The van der Waals surface area contributed by atoms with Crippen LogP contribution in [0.3, 0.4) is 0 Å². The number of imide groups is 1. The molecule has 0 spiro atoms. The lowest BCUT2D eigenvalue weighted by Gasteiger charge is -2.38.